The molecule has 2 heterocycles. The highest BCUT2D eigenvalue weighted by Crippen LogP contribution is 2.70. The Labute approximate surface area is 251 Å². The molecule has 0 bridgehead atoms. The van der Waals surface area contributed by atoms with E-state index in [0.29, 0.717) is 32.3 Å². The summed E-state index contributed by atoms with van der Waals surface area (Å²) in [4.78, 5) is 50.1. The highest BCUT2D eigenvalue weighted by Gasteiger charge is 2.80. The van der Waals surface area contributed by atoms with Gasteiger partial charge in [-0.05, 0) is 55.7 Å². The number of cyclic esters (lactones) is 1. The van der Waals surface area contributed by atoms with Crippen molar-refractivity contribution < 1.29 is 48.0 Å². The van der Waals surface area contributed by atoms with Gasteiger partial charge in [-0.25, -0.2) is 9.59 Å². The Morgan fingerprint density at radius 3 is 2.40 bits per heavy atom. The molecule has 0 radical (unpaired) electrons. The first-order valence-corrected chi connectivity index (χ1v) is 14.8. The van der Waals surface area contributed by atoms with Gasteiger partial charge in [0, 0.05) is 31.4 Å². The Morgan fingerprint density at radius 2 is 1.79 bits per heavy atom. The summed E-state index contributed by atoms with van der Waals surface area (Å²) in [5, 5.41) is 12.5. The predicted octanol–water partition coefficient (Wildman–Crippen LogP) is 3.70. The maximum absolute atomic E-state index is 13.5. The zero-order chi connectivity index (χ0) is 31.0. The van der Waals surface area contributed by atoms with Gasteiger partial charge in [-0.3, -0.25) is 9.59 Å². The molecule has 0 amide bonds. The van der Waals surface area contributed by atoms with Gasteiger partial charge in [0.25, 0.3) is 0 Å². The van der Waals surface area contributed by atoms with Gasteiger partial charge in [-0.15, -0.1) is 0 Å². The van der Waals surface area contributed by atoms with E-state index in [9.17, 15) is 24.3 Å². The zero-order valence-corrected chi connectivity index (χ0v) is 25.1. The molecular weight excluding hydrogens is 556 g/mol. The first-order chi connectivity index (χ1) is 20.3. The Hall–Kier alpha value is -3.50. The third-order valence-electron chi connectivity index (χ3n) is 10.2. The van der Waals surface area contributed by atoms with Crippen LogP contribution in [-0.4, -0.2) is 72.2 Å². The lowest BCUT2D eigenvalue weighted by atomic mass is 9.41. The van der Waals surface area contributed by atoms with Crippen molar-refractivity contribution in [3.63, 3.8) is 0 Å². The highest BCUT2D eigenvalue weighted by molar-refractivity contribution is 5.87. The van der Waals surface area contributed by atoms with Gasteiger partial charge in [-0.1, -0.05) is 43.7 Å². The van der Waals surface area contributed by atoms with Crippen LogP contribution < -0.4 is 0 Å². The number of carbonyl (C=O) groups is 4. The Morgan fingerprint density at radius 1 is 1.07 bits per heavy atom. The van der Waals surface area contributed by atoms with Crippen molar-refractivity contribution in [1.29, 1.82) is 0 Å². The molecule has 0 aromatic heterocycles. The minimum atomic E-state index is -1.70. The molecule has 7 atom stereocenters. The van der Waals surface area contributed by atoms with Crippen molar-refractivity contribution >= 4 is 30.0 Å². The van der Waals surface area contributed by atoms with Gasteiger partial charge in [0.1, 0.15) is 24.4 Å². The third kappa shape index (κ3) is 5.51. The van der Waals surface area contributed by atoms with Crippen molar-refractivity contribution in [2.45, 2.75) is 83.2 Å². The Balaban J connectivity index is 1.62. The summed E-state index contributed by atoms with van der Waals surface area (Å²) >= 11 is 0. The van der Waals surface area contributed by atoms with Gasteiger partial charge in [0.2, 0.25) is 0 Å². The number of esters is 4. The lowest BCUT2D eigenvalue weighted by Gasteiger charge is -2.67. The minimum absolute atomic E-state index is 0.152. The molecule has 10 heteroatoms. The van der Waals surface area contributed by atoms with Crippen LogP contribution in [0.2, 0.25) is 0 Å². The van der Waals surface area contributed by atoms with Crippen LogP contribution in [0.4, 0.5) is 0 Å². The zero-order valence-electron chi connectivity index (χ0n) is 25.1. The molecule has 232 valence electrons. The van der Waals surface area contributed by atoms with Crippen LogP contribution in [0.1, 0.15) is 65.4 Å². The number of carbonyl (C=O) groups excluding carboxylic acids is 4. The summed E-state index contributed by atoms with van der Waals surface area (Å²) in [6, 6.07) is 9.24. The van der Waals surface area contributed by atoms with Crippen LogP contribution >= 0.6 is 0 Å². The number of rotatable bonds is 9. The first-order valence-electron chi connectivity index (χ1n) is 14.8. The molecule has 1 aromatic carbocycles. The smallest absolute Gasteiger partial charge is 0.331 e. The van der Waals surface area contributed by atoms with Crippen LogP contribution in [0.3, 0.4) is 0 Å². The topological polar surface area (TPSA) is 138 Å². The average Bonchev–Trinajstić information content (AvgIpc) is 3.62. The van der Waals surface area contributed by atoms with Crippen LogP contribution in [0, 0.1) is 16.7 Å². The molecule has 2 saturated carbocycles. The molecule has 2 aliphatic heterocycles. The number of hydrogen-bond donors (Lipinski definition) is 1. The van der Waals surface area contributed by atoms with Gasteiger partial charge >= 0.3 is 23.9 Å². The fourth-order valence-electron chi connectivity index (χ4n) is 7.84. The number of aliphatic hydroxyl groups is 1. The molecule has 10 nitrogen and oxygen atoms in total. The third-order valence-corrected chi connectivity index (χ3v) is 10.2. The van der Waals surface area contributed by atoms with E-state index in [1.807, 2.05) is 37.3 Å². The van der Waals surface area contributed by atoms with E-state index < -0.39 is 58.1 Å². The van der Waals surface area contributed by atoms with Crippen LogP contribution in [-0.2, 0) is 42.9 Å². The van der Waals surface area contributed by atoms with E-state index in [1.54, 1.807) is 13.0 Å². The molecule has 5 rings (SSSR count). The maximum Gasteiger partial charge on any atom is 0.331 e. The summed E-state index contributed by atoms with van der Waals surface area (Å²) < 4.78 is 29.1. The van der Waals surface area contributed by atoms with Crippen LogP contribution in [0.15, 0.2) is 48.1 Å². The fraction of sp³-hybridized carbons (Fsp3) is 0.576. The summed E-state index contributed by atoms with van der Waals surface area (Å²) in [5.41, 5.74) is -3.03. The van der Waals surface area contributed by atoms with E-state index in [2.05, 4.69) is 0 Å². The van der Waals surface area contributed by atoms with Crippen molar-refractivity contribution in [3.8, 4) is 0 Å². The van der Waals surface area contributed by atoms with Crippen molar-refractivity contribution in [1.82, 2.24) is 0 Å². The largest absolute Gasteiger partial charge is 0.465 e. The first kappa shape index (κ1) is 30.9. The van der Waals surface area contributed by atoms with E-state index in [0.717, 1.165) is 17.6 Å². The Kier molecular flexibility index (Phi) is 8.30. The summed E-state index contributed by atoms with van der Waals surface area (Å²) in [7, 11) is 0. The number of benzene rings is 1. The van der Waals surface area contributed by atoms with E-state index >= 15 is 0 Å². The van der Waals surface area contributed by atoms with Crippen LogP contribution in [0.5, 0.6) is 0 Å². The highest BCUT2D eigenvalue weighted by atomic mass is 16.6. The quantitative estimate of drug-likeness (QED) is 0.194. The van der Waals surface area contributed by atoms with Gasteiger partial charge < -0.3 is 28.8 Å². The van der Waals surface area contributed by atoms with Crippen molar-refractivity contribution in [2.24, 2.45) is 16.7 Å². The van der Waals surface area contributed by atoms with E-state index in [-0.39, 0.29) is 19.1 Å². The molecule has 1 spiro atoms. The minimum Gasteiger partial charge on any atom is -0.465 e. The molecule has 7 unspecified atom stereocenters. The molecule has 4 aliphatic rings. The lowest BCUT2D eigenvalue weighted by molar-refractivity contribution is -0.311. The van der Waals surface area contributed by atoms with Gasteiger partial charge in [0.05, 0.1) is 12.0 Å². The number of hydrogen-bond acceptors (Lipinski definition) is 10. The number of fused-ring (bicyclic) bond motifs is 2. The molecule has 1 N–H and O–H groups in total. The molecular formula is C33H40O10. The second kappa shape index (κ2) is 11.5. The standard InChI is InChI=1S/C33H40O10/c1-21(34)40-20-33-25(11-8-15-32(33)19-41-32)30(3,16-14-24-17-27(37)39-18-24)31(4,38)28(42-22(2)35)29(33)43-26(36)13-12-23-9-6-5-7-10-23/h5-7,9-10,12-13,17,25,28-29,38H,8,11,14-16,18-20H2,1-4H3. The van der Waals surface area contributed by atoms with Gasteiger partial charge in [-0.2, -0.15) is 0 Å². The molecule has 1 aromatic rings. The van der Waals surface area contributed by atoms with Gasteiger partial charge in [0.15, 0.2) is 12.2 Å². The monoisotopic (exact) mass is 596 g/mol. The second-order valence-electron chi connectivity index (χ2n) is 12.7. The van der Waals surface area contributed by atoms with Crippen molar-refractivity contribution in [2.75, 3.05) is 19.8 Å². The summed E-state index contributed by atoms with van der Waals surface area (Å²) in [6.07, 6.45) is 4.73. The van der Waals surface area contributed by atoms with Crippen molar-refractivity contribution in [3.05, 3.63) is 53.6 Å². The van der Waals surface area contributed by atoms with E-state index in [4.69, 9.17) is 23.7 Å². The number of ether oxygens (including phenoxy) is 5. The SMILES string of the molecule is CC(=O)OCC12C(OC(=O)C=Cc3ccccc3)C(OC(C)=O)C(C)(O)C(C)(CCC3=CC(=O)OC3)C1CCCC21CO1. The average molecular weight is 597 g/mol. The van der Waals surface area contributed by atoms with E-state index in [1.165, 1.54) is 26.0 Å². The molecule has 1 saturated heterocycles. The Bertz CT molecular complexity index is 1330. The number of epoxide rings is 1. The maximum atomic E-state index is 13.5. The lowest BCUT2D eigenvalue weighted by Crippen LogP contribution is -2.77. The van der Waals surface area contributed by atoms with Crippen LogP contribution in [0.25, 0.3) is 6.08 Å². The molecule has 3 fully saturated rings. The molecule has 2 aliphatic carbocycles. The second-order valence-corrected chi connectivity index (χ2v) is 12.7. The summed E-state index contributed by atoms with van der Waals surface area (Å²) in [6.45, 7) is 6.46. The molecule has 43 heavy (non-hydrogen) atoms. The predicted molar refractivity (Wildman–Crippen MR) is 153 cm³/mol. The normalized spacial score (nSPS) is 36.4. The summed E-state index contributed by atoms with van der Waals surface area (Å²) in [5.74, 6) is -2.66. The fourth-order valence-corrected chi connectivity index (χ4v) is 7.84.